The fourth-order valence-corrected chi connectivity index (χ4v) is 24.1. The molecular formula is C28H53NO2SiSn. The maximum atomic E-state index is 13.1. The van der Waals surface area contributed by atoms with Gasteiger partial charge in [-0.2, -0.15) is 0 Å². The van der Waals surface area contributed by atoms with Crippen LogP contribution in [0.3, 0.4) is 0 Å². The van der Waals surface area contributed by atoms with Crippen LogP contribution in [-0.2, 0) is 0 Å². The van der Waals surface area contributed by atoms with E-state index in [-0.39, 0.29) is 6.09 Å². The molecule has 5 heteroatoms. The molecule has 1 rings (SSSR count). The standard InChI is InChI=1S/C16H26NO2Si.3C4H9.Sn/c1-7-13-11-10-12-14(20(4,5)6)15(13)19-16(18)17(8-2)9-3;3*1-3-4-2;/h7,10-12H,8-9H2,1-6H3;3*1,3-4H2,2H3;. The average molecular weight is 583 g/mol. The summed E-state index contributed by atoms with van der Waals surface area (Å²) in [6, 6.07) is 6.77. The second kappa shape index (κ2) is 14.8. The molecule has 0 radical (unpaired) electrons. The van der Waals surface area contributed by atoms with Gasteiger partial charge in [-0.25, -0.2) is 0 Å². The Morgan fingerprint density at radius 2 is 1.39 bits per heavy atom. The van der Waals surface area contributed by atoms with Crippen molar-refractivity contribution in [1.82, 2.24) is 4.90 Å². The molecule has 0 aliphatic heterocycles. The number of carbonyl (C=O) groups is 1. The molecule has 0 aliphatic carbocycles. The summed E-state index contributed by atoms with van der Waals surface area (Å²) >= 11 is -2.55. The summed E-state index contributed by atoms with van der Waals surface area (Å²) in [6.07, 6.45) is 7.73. The zero-order valence-electron chi connectivity index (χ0n) is 23.4. The molecule has 1 aromatic carbocycles. The first kappa shape index (κ1) is 30.5. The molecule has 0 saturated carbocycles. The Bertz CT molecular complexity index is 691. The number of para-hydroxylation sites is 1. The molecule has 0 unspecified atom stereocenters. The van der Waals surface area contributed by atoms with Crippen LogP contribution in [0.2, 0.25) is 33.0 Å². The number of hydrogen-bond donors (Lipinski definition) is 0. The SMILES string of the molecule is CCC[CH2][Sn]([CH2]CCC)([CH2]CCC)[C@@H](C)c1cccc([Si](C)(C)C)c1OC(=O)N(CC)CC. The van der Waals surface area contributed by atoms with E-state index in [9.17, 15) is 4.79 Å². The van der Waals surface area contributed by atoms with E-state index in [2.05, 4.69) is 65.5 Å². The van der Waals surface area contributed by atoms with Gasteiger partial charge in [0.1, 0.15) is 0 Å². The van der Waals surface area contributed by atoms with Gasteiger partial charge < -0.3 is 0 Å². The first-order chi connectivity index (χ1) is 15.6. The predicted octanol–water partition coefficient (Wildman–Crippen LogP) is 8.56. The molecule has 0 N–H and O–H groups in total. The molecular weight excluding hydrogens is 529 g/mol. The Morgan fingerprint density at radius 3 is 1.79 bits per heavy atom. The van der Waals surface area contributed by atoms with Crippen molar-refractivity contribution in [3.05, 3.63) is 23.8 Å². The van der Waals surface area contributed by atoms with E-state index in [1.807, 2.05) is 13.8 Å². The van der Waals surface area contributed by atoms with Crippen molar-refractivity contribution >= 4 is 37.7 Å². The molecule has 1 atom stereocenters. The molecule has 0 saturated heterocycles. The van der Waals surface area contributed by atoms with Crippen LogP contribution in [0.15, 0.2) is 18.2 Å². The van der Waals surface area contributed by atoms with Gasteiger partial charge in [-0.05, 0) is 0 Å². The van der Waals surface area contributed by atoms with Gasteiger partial charge in [-0.3, -0.25) is 0 Å². The van der Waals surface area contributed by atoms with E-state index in [4.69, 9.17) is 4.74 Å². The summed E-state index contributed by atoms with van der Waals surface area (Å²) in [6.45, 7) is 22.0. The van der Waals surface area contributed by atoms with Gasteiger partial charge in [0.2, 0.25) is 0 Å². The summed E-state index contributed by atoms with van der Waals surface area (Å²) in [4.78, 5) is 14.9. The van der Waals surface area contributed by atoms with Crippen LogP contribution in [0.1, 0.15) is 89.6 Å². The van der Waals surface area contributed by atoms with E-state index >= 15 is 0 Å². The van der Waals surface area contributed by atoms with Crippen molar-refractivity contribution in [1.29, 1.82) is 0 Å². The van der Waals surface area contributed by atoms with Crippen LogP contribution in [0.4, 0.5) is 4.79 Å². The zero-order chi connectivity index (χ0) is 25.1. The number of hydrogen-bond acceptors (Lipinski definition) is 2. The van der Waals surface area contributed by atoms with Crippen molar-refractivity contribution in [3.63, 3.8) is 0 Å². The first-order valence-corrected chi connectivity index (χ1v) is 24.9. The minimum atomic E-state index is -2.55. The predicted molar refractivity (Wildman–Crippen MR) is 152 cm³/mol. The maximum absolute atomic E-state index is 13.1. The Labute approximate surface area is 210 Å². The van der Waals surface area contributed by atoms with Crippen LogP contribution < -0.4 is 9.92 Å². The quantitative estimate of drug-likeness (QED) is 0.194. The number of unbranched alkanes of at least 4 members (excludes halogenated alkanes) is 3. The van der Waals surface area contributed by atoms with Crippen molar-refractivity contribution in [2.75, 3.05) is 13.1 Å². The molecule has 3 nitrogen and oxygen atoms in total. The number of nitrogens with zero attached hydrogens (tertiary/aromatic N) is 1. The van der Waals surface area contributed by atoms with Crippen LogP contribution in [0.25, 0.3) is 0 Å². The van der Waals surface area contributed by atoms with Gasteiger partial charge in [-0.1, -0.05) is 0 Å². The van der Waals surface area contributed by atoms with Gasteiger partial charge in [-0.15, -0.1) is 0 Å². The summed E-state index contributed by atoms with van der Waals surface area (Å²) in [5.41, 5.74) is 1.34. The number of ether oxygens (including phenoxy) is 1. The first-order valence-electron chi connectivity index (χ1n) is 13.7. The fraction of sp³-hybridized carbons (Fsp3) is 0.750. The molecule has 0 aliphatic rings. The molecule has 190 valence electrons. The van der Waals surface area contributed by atoms with E-state index in [1.165, 1.54) is 62.6 Å². The van der Waals surface area contributed by atoms with Crippen LogP contribution in [-0.4, -0.2) is 50.5 Å². The molecule has 0 fully saturated rings. The molecule has 1 aromatic rings. The monoisotopic (exact) mass is 583 g/mol. The van der Waals surface area contributed by atoms with E-state index in [0.29, 0.717) is 17.0 Å². The average Bonchev–Trinajstić information content (AvgIpc) is 2.78. The van der Waals surface area contributed by atoms with Crippen LogP contribution >= 0.6 is 0 Å². The number of benzene rings is 1. The van der Waals surface area contributed by atoms with Crippen LogP contribution in [0.5, 0.6) is 5.75 Å². The van der Waals surface area contributed by atoms with Gasteiger partial charge in [0, 0.05) is 0 Å². The molecule has 0 spiro atoms. The van der Waals surface area contributed by atoms with E-state index in [1.54, 1.807) is 4.90 Å². The van der Waals surface area contributed by atoms with Crippen molar-refractivity contribution in [2.24, 2.45) is 0 Å². The summed E-state index contributed by atoms with van der Waals surface area (Å²) in [5, 5.41) is 1.30. The van der Waals surface area contributed by atoms with E-state index < -0.39 is 26.5 Å². The number of amides is 1. The Hall–Kier alpha value is -0.494. The fourth-order valence-electron chi connectivity index (χ4n) is 5.17. The van der Waals surface area contributed by atoms with Crippen molar-refractivity contribution in [3.8, 4) is 5.75 Å². The van der Waals surface area contributed by atoms with Crippen LogP contribution in [0, 0.1) is 0 Å². The molecule has 0 heterocycles. The summed E-state index contributed by atoms with van der Waals surface area (Å²) in [5.74, 6) is 0.923. The van der Waals surface area contributed by atoms with Crippen molar-refractivity contribution < 1.29 is 9.53 Å². The Balaban J connectivity index is 3.63. The number of carbonyl (C=O) groups excluding carboxylic acids is 1. The molecule has 0 aromatic heterocycles. The minimum absolute atomic E-state index is 0.185. The Kier molecular flexibility index (Phi) is 13.7. The van der Waals surface area contributed by atoms with Crippen molar-refractivity contribution in [2.45, 2.75) is 117 Å². The molecule has 1 amide bonds. The Morgan fingerprint density at radius 1 is 0.909 bits per heavy atom. The molecule has 0 bridgehead atoms. The normalized spacial score (nSPS) is 13.1. The second-order valence-electron chi connectivity index (χ2n) is 10.9. The number of rotatable bonds is 15. The third-order valence-electron chi connectivity index (χ3n) is 7.53. The summed E-state index contributed by atoms with van der Waals surface area (Å²) in [7, 11) is -1.68. The zero-order valence-corrected chi connectivity index (χ0v) is 27.2. The third kappa shape index (κ3) is 8.59. The van der Waals surface area contributed by atoms with Gasteiger partial charge >= 0.3 is 212 Å². The van der Waals surface area contributed by atoms with E-state index in [0.717, 1.165) is 5.75 Å². The second-order valence-corrected chi connectivity index (χ2v) is 30.5. The summed E-state index contributed by atoms with van der Waals surface area (Å²) < 4.78 is 11.3. The van der Waals surface area contributed by atoms with Gasteiger partial charge in [0.05, 0.1) is 0 Å². The van der Waals surface area contributed by atoms with Gasteiger partial charge in [0.25, 0.3) is 0 Å². The topological polar surface area (TPSA) is 29.5 Å². The molecule has 33 heavy (non-hydrogen) atoms. The third-order valence-corrected chi connectivity index (χ3v) is 27.2. The van der Waals surface area contributed by atoms with Gasteiger partial charge in [0.15, 0.2) is 0 Å².